The van der Waals surface area contributed by atoms with Crippen LogP contribution >= 0.6 is 7.82 Å². The lowest BCUT2D eigenvalue weighted by molar-refractivity contribution is 0.130. The number of hydrogen-bond donors (Lipinski definition) is 0. The van der Waals surface area contributed by atoms with E-state index in [4.69, 9.17) is 13.6 Å². The Morgan fingerprint density at radius 1 is 1.00 bits per heavy atom. The minimum Gasteiger partial charge on any atom is -0.287 e. The van der Waals surface area contributed by atoms with Crippen LogP contribution < -0.4 is 0 Å². The molecule has 1 aromatic rings. The monoisotopic (exact) mass is 364 g/mol. The van der Waals surface area contributed by atoms with Gasteiger partial charge in [-0.25, -0.2) is 4.57 Å². The largest absolute Gasteiger partial charge is 0.475 e. The van der Waals surface area contributed by atoms with Crippen molar-refractivity contribution < 1.29 is 18.1 Å². The van der Waals surface area contributed by atoms with E-state index in [-0.39, 0.29) is 13.2 Å². The summed E-state index contributed by atoms with van der Waals surface area (Å²) in [6.07, 6.45) is 9.99. The Morgan fingerprint density at radius 2 is 1.60 bits per heavy atom. The zero-order valence-corrected chi connectivity index (χ0v) is 15.8. The van der Waals surface area contributed by atoms with Crippen LogP contribution in [0.15, 0.2) is 49.6 Å². The Labute approximate surface area is 151 Å². The maximum atomic E-state index is 12.4. The smallest absolute Gasteiger partial charge is 0.287 e. The van der Waals surface area contributed by atoms with Gasteiger partial charge in [0.2, 0.25) is 0 Å². The van der Waals surface area contributed by atoms with Crippen molar-refractivity contribution in [1.82, 2.24) is 0 Å². The van der Waals surface area contributed by atoms with Crippen molar-refractivity contribution in [1.29, 1.82) is 0 Å². The highest BCUT2D eigenvalue weighted by atomic mass is 31.2. The molecule has 1 aromatic carbocycles. The molecule has 0 radical (unpaired) electrons. The minimum atomic E-state index is -3.54. The SMILES string of the molecule is C=CCOP(=O)(OCC=C)OCCCc1ccc(C2CCCC2)cc1. The summed E-state index contributed by atoms with van der Waals surface area (Å²) in [7, 11) is -3.54. The molecule has 2 rings (SSSR count). The fraction of sp³-hybridized carbons (Fsp3) is 0.500. The van der Waals surface area contributed by atoms with Gasteiger partial charge in [0.1, 0.15) is 0 Å². The topological polar surface area (TPSA) is 44.8 Å². The predicted octanol–water partition coefficient (Wildman–Crippen LogP) is 5.81. The normalized spacial score (nSPS) is 15.4. The van der Waals surface area contributed by atoms with Gasteiger partial charge in [0.15, 0.2) is 0 Å². The Hall–Kier alpha value is -1.19. The van der Waals surface area contributed by atoms with E-state index in [0.29, 0.717) is 6.61 Å². The van der Waals surface area contributed by atoms with E-state index in [1.54, 1.807) is 0 Å². The molecule has 25 heavy (non-hydrogen) atoms. The first-order valence-corrected chi connectivity index (χ1v) is 10.5. The van der Waals surface area contributed by atoms with Gasteiger partial charge in [0, 0.05) is 0 Å². The second-order valence-electron chi connectivity index (χ2n) is 6.28. The van der Waals surface area contributed by atoms with Gasteiger partial charge in [-0.1, -0.05) is 49.3 Å². The zero-order chi connectivity index (χ0) is 18.0. The Kier molecular flexibility index (Phi) is 8.63. The molecule has 4 nitrogen and oxygen atoms in total. The van der Waals surface area contributed by atoms with E-state index in [1.807, 2.05) is 0 Å². The van der Waals surface area contributed by atoms with E-state index in [0.717, 1.165) is 18.8 Å². The first kappa shape index (κ1) is 20.1. The van der Waals surface area contributed by atoms with Crippen LogP contribution in [0.5, 0.6) is 0 Å². The van der Waals surface area contributed by atoms with E-state index < -0.39 is 7.82 Å². The van der Waals surface area contributed by atoms with E-state index in [1.165, 1.54) is 49.0 Å². The van der Waals surface area contributed by atoms with Gasteiger partial charge in [-0.2, -0.15) is 0 Å². The van der Waals surface area contributed by atoms with E-state index >= 15 is 0 Å². The second-order valence-corrected chi connectivity index (χ2v) is 7.94. The first-order chi connectivity index (χ1) is 12.2. The highest BCUT2D eigenvalue weighted by molar-refractivity contribution is 7.48. The van der Waals surface area contributed by atoms with Gasteiger partial charge in [0.05, 0.1) is 19.8 Å². The quantitative estimate of drug-likeness (QED) is 0.267. The minimum absolute atomic E-state index is 0.122. The molecule has 1 saturated carbocycles. The number of benzene rings is 1. The Morgan fingerprint density at radius 3 is 2.16 bits per heavy atom. The first-order valence-electron chi connectivity index (χ1n) is 9.01. The van der Waals surface area contributed by atoms with E-state index in [9.17, 15) is 4.57 Å². The molecule has 0 N–H and O–H groups in total. The van der Waals surface area contributed by atoms with Crippen LogP contribution in [-0.4, -0.2) is 19.8 Å². The van der Waals surface area contributed by atoms with Crippen molar-refractivity contribution >= 4 is 7.82 Å². The second kappa shape index (κ2) is 10.7. The molecular formula is C20H29O4P. The third kappa shape index (κ3) is 6.91. The van der Waals surface area contributed by atoms with Crippen LogP contribution in [0.1, 0.15) is 49.1 Å². The molecule has 1 aliphatic rings. The van der Waals surface area contributed by atoms with Crippen LogP contribution in [0.25, 0.3) is 0 Å². The van der Waals surface area contributed by atoms with Gasteiger partial charge < -0.3 is 0 Å². The van der Waals surface area contributed by atoms with Gasteiger partial charge in [0.25, 0.3) is 0 Å². The maximum Gasteiger partial charge on any atom is 0.475 e. The molecule has 5 heteroatoms. The molecule has 138 valence electrons. The number of phosphoric ester groups is 1. The van der Waals surface area contributed by atoms with Crippen LogP contribution in [0.4, 0.5) is 0 Å². The summed E-state index contributed by atoms with van der Waals surface area (Å²) in [4.78, 5) is 0. The number of phosphoric acid groups is 1. The molecule has 0 aromatic heterocycles. The van der Waals surface area contributed by atoms with Crippen molar-refractivity contribution in [3.8, 4) is 0 Å². The van der Waals surface area contributed by atoms with E-state index in [2.05, 4.69) is 37.4 Å². The van der Waals surface area contributed by atoms with Gasteiger partial charge >= 0.3 is 7.82 Å². The van der Waals surface area contributed by atoms with Crippen LogP contribution in [0, 0.1) is 0 Å². The lowest BCUT2D eigenvalue weighted by Gasteiger charge is -2.16. The third-order valence-corrected chi connectivity index (χ3v) is 5.80. The molecule has 1 aliphatic carbocycles. The van der Waals surface area contributed by atoms with Crippen molar-refractivity contribution in [3.05, 3.63) is 60.7 Å². The average molecular weight is 364 g/mol. The summed E-state index contributed by atoms with van der Waals surface area (Å²) in [5, 5.41) is 0. The zero-order valence-electron chi connectivity index (χ0n) is 14.9. The molecular weight excluding hydrogens is 335 g/mol. The van der Waals surface area contributed by atoms with Gasteiger partial charge in [-0.3, -0.25) is 13.6 Å². The highest BCUT2D eigenvalue weighted by Gasteiger charge is 2.25. The fourth-order valence-electron chi connectivity index (χ4n) is 3.07. The molecule has 0 bridgehead atoms. The van der Waals surface area contributed by atoms with Crippen molar-refractivity contribution in [3.63, 3.8) is 0 Å². The Bertz CT molecular complexity index is 560. The molecule has 0 saturated heterocycles. The third-order valence-electron chi connectivity index (χ3n) is 4.37. The lowest BCUT2D eigenvalue weighted by atomic mass is 9.96. The summed E-state index contributed by atoms with van der Waals surface area (Å²) in [5.41, 5.74) is 2.72. The maximum absolute atomic E-state index is 12.4. The van der Waals surface area contributed by atoms with Gasteiger partial charge in [-0.15, -0.1) is 13.2 Å². The van der Waals surface area contributed by atoms with Crippen LogP contribution in [0.2, 0.25) is 0 Å². The van der Waals surface area contributed by atoms with Gasteiger partial charge in [-0.05, 0) is 42.7 Å². The summed E-state index contributed by atoms with van der Waals surface area (Å²) in [6, 6.07) is 8.88. The van der Waals surface area contributed by atoms with Crippen molar-refractivity contribution in [2.45, 2.75) is 44.4 Å². The predicted molar refractivity (Wildman–Crippen MR) is 102 cm³/mol. The fourth-order valence-corrected chi connectivity index (χ4v) is 4.22. The molecule has 0 heterocycles. The number of rotatable bonds is 12. The molecule has 0 spiro atoms. The highest BCUT2D eigenvalue weighted by Crippen LogP contribution is 2.49. The lowest BCUT2D eigenvalue weighted by Crippen LogP contribution is -2.03. The molecule has 0 aliphatic heterocycles. The molecule has 0 atom stereocenters. The summed E-state index contributed by atoms with van der Waals surface area (Å²) in [5.74, 6) is 0.743. The molecule has 0 unspecified atom stereocenters. The Balaban J connectivity index is 1.75. The molecule has 0 amide bonds. The standard InChI is InChI=1S/C20H29O4P/c1-3-15-22-25(21,23-16-4-2)24-17-7-8-18-11-13-20(14-12-18)19-9-5-6-10-19/h3-4,11-14,19H,1-2,5-10,15-17H2. The number of aryl methyl sites for hydroxylation is 1. The van der Waals surface area contributed by atoms with Crippen molar-refractivity contribution in [2.75, 3.05) is 19.8 Å². The summed E-state index contributed by atoms with van der Waals surface area (Å²) in [6.45, 7) is 7.64. The average Bonchev–Trinajstić information content (AvgIpc) is 3.17. The van der Waals surface area contributed by atoms with Crippen LogP contribution in [0.3, 0.4) is 0 Å². The van der Waals surface area contributed by atoms with Crippen molar-refractivity contribution in [2.24, 2.45) is 0 Å². The van der Waals surface area contributed by atoms with Crippen LogP contribution in [-0.2, 0) is 24.6 Å². The molecule has 1 fully saturated rings. The summed E-state index contributed by atoms with van der Waals surface area (Å²) < 4.78 is 28.0. The number of hydrogen-bond acceptors (Lipinski definition) is 4. The summed E-state index contributed by atoms with van der Waals surface area (Å²) >= 11 is 0.